The molecule has 0 saturated heterocycles. The second-order valence-electron chi connectivity index (χ2n) is 7.44. The summed E-state index contributed by atoms with van der Waals surface area (Å²) in [5.41, 5.74) is -0.956. The molecule has 1 aliphatic carbocycles. The van der Waals surface area contributed by atoms with Crippen LogP contribution in [0.5, 0.6) is 0 Å². The third-order valence-electron chi connectivity index (χ3n) is 3.57. The lowest BCUT2D eigenvalue weighted by atomic mass is 10.1. The first-order valence-corrected chi connectivity index (χ1v) is 9.57. The van der Waals surface area contributed by atoms with Gasteiger partial charge in [0.25, 0.3) is 0 Å². The predicted octanol–water partition coefficient (Wildman–Crippen LogP) is 3.84. The quantitative estimate of drug-likeness (QED) is 0.417. The molecule has 1 saturated carbocycles. The number of hydrogen-bond acceptors (Lipinski definition) is 4. The van der Waals surface area contributed by atoms with Crippen LogP contribution in [0.3, 0.4) is 0 Å². The SMILES string of the molecule is CCN(CC(C)(CBr)OCCOCC1CC1)C(=O)OC(C)(C)C. The van der Waals surface area contributed by atoms with Crippen molar-refractivity contribution in [3.8, 4) is 0 Å². The molecule has 0 radical (unpaired) electrons. The summed E-state index contributed by atoms with van der Waals surface area (Å²) < 4.78 is 17.0. The Labute approximate surface area is 149 Å². The average molecular weight is 394 g/mol. The molecule has 0 bridgehead atoms. The summed E-state index contributed by atoms with van der Waals surface area (Å²) in [5, 5.41) is 0.641. The van der Waals surface area contributed by atoms with Crippen LogP contribution >= 0.6 is 15.9 Å². The first kappa shape index (κ1) is 20.7. The third kappa shape index (κ3) is 8.91. The number of carbonyl (C=O) groups excluding carboxylic acids is 1. The minimum atomic E-state index is -0.493. The molecule has 0 heterocycles. The lowest BCUT2D eigenvalue weighted by Crippen LogP contribution is -2.48. The number of nitrogens with zero attached hydrogens (tertiary/aromatic N) is 1. The molecule has 23 heavy (non-hydrogen) atoms. The van der Waals surface area contributed by atoms with Crippen LogP contribution in [0, 0.1) is 5.92 Å². The van der Waals surface area contributed by atoms with Crippen LogP contribution < -0.4 is 0 Å². The summed E-state index contributed by atoms with van der Waals surface area (Å²) in [6.07, 6.45) is 2.28. The van der Waals surface area contributed by atoms with Crippen molar-refractivity contribution >= 4 is 22.0 Å². The zero-order chi connectivity index (χ0) is 17.5. The van der Waals surface area contributed by atoms with E-state index in [1.54, 1.807) is 4.90 Å². The summed E-state index contributed by atoms with van der Waals surface area (Å²) in [4.78, 5) is 13.9. The van der Waals surface area contributed by atoms with Crippen molar-refractivity contribution in [2.75, 3.05) is 38.2 Å². The number of ether oxygens (including phenoxy) is 3. The smallest absolute Gasteiger partial charge is 0.410 e. The van der Waals surface area contributed by atoms with Gasteiger partial charge in [-0.05, 0) is 53.4 Å². The second kappa shape index (κ2) is 9.23. The molecular weight excluding hydrogens is 362 g/mol. The molecule has 136 valence electrons. The Morgan fingerprint density at radius 2 is 1.87 bits per heavy atom. The molecule has 1 atom stereocenters. The van der Waals surface area contributed by atoms with Gasteiger partial charge in [-0.15, -0.1) is 0 Å². The molecule has 6 heteroatoms. The van der Waals surface area contributed by atoms with E-state index in [-0.39, 0.29) is 6.09 Å². The van der Waals surface area contributed by atoms with Crippen molar-refractivity contribution in [1.82, 2.24) is 4.90 Å². The van der Waals surface area contributed by atoms with E-state index in [2.05, 4.69) is 15.9 Å². The lowest BCUT2D eigenvalue weighted by molar-refractivity contribution is -0.0616. The highest BCUT2D eigenvalue weighted by Gasteiger charge is 2.31. The van der Waals surface area contributed by atoms with Crippen molar-refractivity contribution < 1.29 is 19.0 Å². The van der Waals surface area contributed by atoms with Gasteiger partial charge in [-0.1, -0.05) is 15.9 Å². The fourth-order valence-electron chi connectivity index (χ4n) is 2.04. The van der Waals surface area contributed by atoms with Gasteiger partial charge >= 0.3 is 6.09 Å². The van der Waals surface area contributed by atoms with E-state index in [0.29, 0.717) is 31.6 Å². The number of rotatable bonds is 10. The topological polar surface area (TPSA) is 48.0 Å². The van der Waals surface area contributed by atoms with E-state index < -0.39 is 11.2 Å². The van der Waals surface area contributed by atoms with Gasteiger partial charge in [0.15, 0.2) is 0 Å². The van der Waals surface area contributed by atoms with Crippen molar-refractivity contribution in [1.29, 1.82) is 0 Å². The first-order chi connectivity index (χ1) is 10.7. The van der Waals surface area contributed by atoms with Crippen molar-refractivity contribution in [2.45, 2.75) is 58.7 Å². The Balaban J connectivity index is 2.40. The van der Waals surface area contributed by atoms with Crippen LogP contribution in [-0.2, 0) is 14.2 Å². The molecule has 1 amide bonds. The van der Waals surface area contributed by atoms with E-state index in [1.165, 1.54) is 12.8 Å². The van der Waals surface area contributed by atoms with Gasteiger partial charge in [0, 0.05) is 18.5 Å². The summed E-state index contributed by atoms with van der Waals surface area (Å²) in [7, 11) is 0. The predicted molar refractivity (Wildman–Crippen MR) is 95.2 cm³/mol. The van der Waals surface area contributed by atoms with Crippen molar-refractivity contribution in [2.24, 2.45) is 5.92 Å². The van der Waals surface area contributed by atoms with Crippen LogP contribution in [0.4, 0.5) is 4.79 Å². The van der Waals surface area contributed by atoms with Crippen LogP contribution in [0.1, 0.15) is 47.5 Å². The second-order valence-corrected chi connectivity index (χ2v) is 8.01. The van der Waals surface area contributed by atoms with Gasteiger partial charge in [0.05, 0.1) is 25.4 Å². The van der Waals surface area contributed by atoms with Gasteiger partial charge < -0.3 is 19.1 Å². The highest BCUT2D eigenvalue weighted by atomic mass is 79.9. The highest BCUT2D eigenvalue weighted by Crippen LogP contribution is 2.28. The van der Waals surface area contributed by atoms with Crippen LogP contribution in [-0.4, -0.2) is 60.4 Å². The largest absolute Gasteiger partial charge is 0.444 e. The van der Waals surface area contributed by atoms with Crippen molar-refractivity contribution in [3.05, 3.63) is 0 Å². The zero-order valence-electron chi connectivity index (χ0n) is 15.2. The number of likely N-dealkylation sites (N-methyl/N-ethyl adjacent to an activating group) is 1. The number of carbonyl (C=O) groups is 1. The minimum Gasteiger partial charge on any atom is -0.444 e. The van der Waals surface area contributed by atoms with Crippen LogP contribution in [0.15, 0.2) is 0 Å². The molecule has 0 spiro atoms. The Bertz CT molecular complexity index is 368. The number of amides is 1. The fourth-order valence-corrected chi connectivity index (χ4v) is 2.38. The lowest BCUT2D eigenvalue weighted by Gasteiger charge is -2.34. The zero-order valence-corrected chi connectivity index (χ0v) is 16.8. The molecule has 0 N–H and O–H groups in total. The maximum atomic E-state index is 12.2. The molecular formula is C17H32BrNO4. The summed E-state index contributed by atoms with van der Waals surface area (Å²) in [6, 6.07) is 0. The van der Waals surface area contributed by atoms with E-state index in [1.807, 2.05) is 34.6 Å². The van der Waals surface area contributed by atoms with E-state index >= 15 is 0 Å². The fraction of sp³-hybridized carbons (Fsp3) is 0.941. The maximum Gasteiger partial charge on any atom is 0.410 e. The Morgan fingerprint density at radius 3 is 2.35 bits per heavy atom. The Kier molecular flexibility index (Phi) is 8.31. The molecule has 0 aliphatic heterocycles. The molecule has 1 rings (SSSR count). The average Bonchev–Trinajstić information content (AvgIpc) is 3.26. The minimum absolute atomic E-state index is 0.305. The van der Waals surface area contributed by atoms with Gasteiger partial charge in [-0.2, -0.15) is 0 Å². The van der Waals surface area contributed by atoms with Crippen LogP contribution in [0.25, 0.3) is 0 Å². The maximum absolute atomic E-state index is 12.2. The summed E-state index contributed by atoms with van der Waals surface area (Å²) >= 11 is 3.50. The standard InChI is InChI=1S/C17H32BrNO4/c1-6-19(15(20)23-16(2,3)4)13-17(5,12-18)22-10-9-21-11-14-7-8-14/h14H,6-13H2,1-5H3. The third-order valence-corrected chi connectivity index (χ3v) is 4.76. The Morgan fingerprint density at radius 1 is 1.22 bits per heavy atom. The first-order valence-electron chi connectivity index (χ1n) is 8.44. The van der Waals surface area contributed by atoms with Gasteiger partial charge in [0.2, 0.25) is 0 Å². The monoisotopic (exact) mass is 393 g/mol. The number of halogens is 1. The van der Waals surface area contributed by atoms with Gasteiger partial charge in [-0.3, -0.25) is 0 Å². The molecule has 1 fully saturated rings. The molecule has 0 aromatic carbocycles. The van der Waals surface area contributed by atoms with E-state index in [9.17, 15) is 4.79 Å². The number of hydrogen-bond donors (Lipinski definition) is 0. The molecule has 1 aliphatic rings. The molecule has 1 unspecified atom stereocenters. The molecule has 0 aromatic heterocycles. The Hall–Kier alpha value is -0.330. The molecule has 5 nitrogen and oxygen atoms in total. The normalized spacial score (nSPS) is 17.7. The van der Waals surface area contributed by atoms with E-state index in [0.717, 1.165) is 12.5 Å². The van der Waals surface area contributed by atoms with Crippen LogP contribution in [0.2, 0.25) is 0 Å². The summed E-state index contributed by atoms with van der Waals surface area (Å²) in [5.74, 6) is 0.764. The van der Waals surface area contributed by atoms with E-state index in [4.69, 9.17) is 14.2 Å². The number of alkyl halides is 1. The van der Waals surface area contributed by atoms with Gasteiger partial charge in [-0.25, -0.2) is 4.79 Å². The highest BCUT2D eigenvalue weighted by molar-refractivity contribution is 9.09. The van der Waals surface area contributed by atoms with Gasteiger partial charge in [0.1, 0.15) is 5.60 Å². The summed E-state index contributed by atoms with van der Waals surface area (Å²) in [6.45, 7) is 12.6. The van der Waals surface area contributed by atoms with Crippen molar-refractivity contribution in [3.63, 3.8) is 0 Å². The molecule has 0 aromatic rings.